The van der Waals surface area contributed by atoms with Crippen LogP contribution in [0.4, 0.5) is 5.82 Å². The normalized spacial score (nSPS) is 10.8. The molecule has 2 N–H and O–H groups in total. The second-order valence-electron chi connectivity index (χ2n) is 4.80. The number of anilines is 1. The number of nitrogens with two attached hydrogens (primary N) is 1. The molecule has 0 saturated carbocycles. The minimum atomic E-state index is 0.612. The zero-order valence-corrected chi connectivity index (χ0v) is 12.3. The molecule has 0 bridgehead atoms. The number of benzene rings is 1. The van der Waals surface area contributed by atoms with Crippen LogP contribution >= 0.6 is 0 Å². The lowest BCUT2D eigenvalue weighted by Crippen LogP contribution is -1.95. The number of hydrogen-bond donors (Lipinski definition) is 1. The molecule has 2 heterocycles. The van der Waals surface area contributed by atoms with Gasteiger partial charge < -0.3 is 15.2 Å². The van der Waals surface area contributed by atoms with Crippen molar-refractivity contribution in [2.45, 2.75) is 6.92 Å². The molecule has 21 heavy (non-hydrogen) atoms. The SMILES string of the molecule is COc1ccc(-c2nc3c(C)cccn3c2N)cc1OC. The van der Waals surface area contributed by atoms with Crippen molar-refractivity contribution in [1.82, 2.24) is 9.38 Å². The number of nitrogens with zero attached hydrogens (tertiary/aromatic N) is 2. The van der Waals surface area contributed by atoms with Gasteiger partial charge in [0.25, 0.3) is 0 Å². The first-order valence-electron chi connectivity index (χ1n) is 6.61. The summed E-state index contributed by atoms with van der Waals surface area (Å²) in [5.74, 6) is 1.95. The number of rotatable bonds is 3. The number of hydrogen-bond acceptors (Lipinski definition) is 4. The van der Waals surface area contributed by atoms with Crippen LogP contribution in [0.15, 0.2) is 36.5 Å². The van der Waals surface area contributed by atoms with Crippen molar-refractivity contribution < 1.29 is 9.47 Å². The van der Waals surface area contributed by atoms with Crippen molar-refractivity contribution in [1.29, 1.82) is 0 Å². The van der Waals surface area contributed by atoms with Crippen LogP contribution in [-0.4, -0.2) is 23.6 Å². The summed E-state index contributed by atoms with van der Waals surface area (Å²) in [7, 11) is 3.22. The predicted octanol–water partition coefficient (Wildman–Crippen LogP) is 2.91. The highest BCUT2D eigenvalue weighted by Gasteiger charge is 2.14. The van der Waals surface area contributed by atoms with Gasteiger partial charge in [0.2, 0.25) is 0 Å². The molecule has 5 nitrogen and oxygen atoms in total. The number of aromatic nitrogens is 2. The van der Waals surface area contributed by atoms with Gasteiger partial charge in [-0.3, -0.25) is 4.40 Å². The molecule has 0 atom stereocenters. The van der Waals surface area contributed by atoms with Crippen molar-refractivity contribution in [2.75, 3.05) is 20.0 Å². The van der Waals surface area contributed by atoms with E-state index in [1.54, 1.807) is 14.2 Å². The van der Waals surface area contributed by atoms with Gasteiger partial charge in [0.1, 0.15) is 17.2 Å². The van der Waals surface area contributed by atoms with E-state index in [0.717, 1.165) is 22.5 Å². The Morgan fingerprint density at radius 1 is 1.10 bits per heavy atom. The highest BCUT2D eigenvalue weighted by molar-refractivity contribution is 5.77. The van der Waals surface area contributed by atoms with Gasteiger partial charge in [-0.2, -0.15) is 0 Å². The van der Waals surface area contributed by atoms with Crippen LogP contribution in [-0.2, 0) is 0 Å². The fourth-order valence-corrected chi connectivity index (χ4v) is 2.42. The van der Waals surface area contributed by atoms with E-state index in [9.17, 15) is 0 Å². The number of ether oxygens (including phenoxy) is 2. The quantitative estimate of drug-likeness (QED) is 0.803. The maximum atomic E-state index is 6.23. The Balaban J connectivity index is 2.21. The van der Waals surface area contributed by atoms with E-state index in [-0.39, 0.29) is 0 Å². The van der Waals surface area contributed by atoms with Gasteiger partial charge in [-0.25, -0.2) is 4.98 Å². The number of imidazole rings is 1. The van der Waals surface area contributed by atoms with Crippen LogP contribution in [0, 0.1) is 6.92 Å². The Bertz CT molecular complexity index is 809. The largest absolute Gasteiger partial charge is 0.493 e. The molecule has 0 unspecified atom stereocenters. The second-order valence-corrected chi connectivity index (χ2v) is 4.80. The molecule has 108 valence electrons. The third kappa shape index (κ3) is 2.07. The van der Waals surface area contributed by atoms with Gasteiger partial charge in [-0.05, 0) is 36.8 Å². The van der Waals surface area contributed by atoms with Crippen LogP contribution in [0.1, 0.15) is 5.56 Å². The Morgan fingerprint density at radius 3 is 2.52 bits per heavy atom. The van der Waals surface area contributed by atoms with Crippen molar-refractivity contribution in [3.05, 3.63) is 42.1 Å². The lowest BCUT2D eigenvalue weighted by atomic mass is 10.1. The van der Waals surface area contributed by atoms with E-state index < -0.39 is 0 Å². The standard InChI is InChI=1S/C16H17N3O2/c1-10-5-4-8-19-15(17)14(18-16(10)19)11-6-7-12(20-2)13(9-11)21-3/h4-9H,17H2,1-3H3. The molecule has 0 aliphatic rings. The molecule has 5 heteroatoms. The van der Waals surface area contributed by atoms with E-state index in [1.165, 1.54) is 0 Å². The Kier molecular flexibility index (Phi) is 3.17. The third-order valence-corrected chi connectivity index (χ3v) is 3.54. The lowest BCUT2D eigenvalue weighted by Gasteiger charge is -2.08. The third-order valence-electron chi connectivity index (χ3n) is 3.54. The van der Waals surface area contributed by atoms with Gasteiger partial charge in [0, 0.05) is 11.8 Å². The molecule has 2 aromatic heterocycles. The summed E-state index contributed by atoms with van der Waals surface area (Å²) >= 11 is 0. The predicted molar refractivity (Wildman–Crippen MR) is 82.9 cm³/mol. The number of methoxy groups -OCH3 is 2. The van der Waals surface area contributed by atoms with Crippen LogP contribution < -0.4 is 15.2 Å². The summed E-state index contributed by atoms with van der Waals surface area (Å²) in [6.45, 7) is 2.01. The van der Waals surface area contributed by atoms with Gasteiger partial charge in [-0.1, -0.05) is 6.07 Å². The average Bonchev–Trinajstić information content (AvgIpc) is 2.85. The fourth-order valence-electron chi connectivity index (χ4n) is 2.42. The second kappa shape index (κ2) is 5.01. The van der Waals surface area contributed by atoms with Gasteiger partial charge in [0.15, 0.2) is 11.5 Å². The van der Waals surface area contributed by atoms with Gasteiger partial charge >= 0.3 is 0 Å². The first kappa shape index (κ1) is 13.3. The Morgan fingerprint density at radius 2 is 1.86 bits per heavy atom. The summed E-state index contributed by atoms with van der Waals surface area (Å²) in [6, 6.07) is 9.63. The lowest BCUT2D eigenvalue weighted by molar-refractivity contribution is 0.355. The van der Waals surface area contributed by atoms with Crippen molar-refractivity contribution in [3.63, 3.8) is 0 Å². The van der Waals surface area contributed by atoms with E-state index in [0.29, 0.717) is 17.3 Å². The smallest absolute Gasteiger partial charge is 0.161 e. The molecule has 1 aromatic carbocycles. The molecule has 3 aromatic rings. The van der Waals surface area contributed by atoms with E-state index >= 15 is 0 Å². The molecule has 0 fully saturated rings. The fraction of sp³-hybridized carbons (Fsp3) is 0.188. The Labute approximate surface area is 122 Å². The first-order valence-corrected chi connectivity index (χ1v) is 6.61. The average molecular weight is 283 g/mol. The minimum Gasteiger partial charge on any atom is -0.493 e. The zero-order valence-electron chi connectivity index (χ0n) is 12.3. The molecule has 0 aliphatic carbocycles. The Hall–Kier alpha value is -2.69. The number of nitrogen functional groups attached to an aromatic ring is 1. The number of aryl methyl sites for hydroxylation is 1. The molecule has 0 amide bonds. The summed E-state index contributed by atoms with van der Waals surface area (Å²) in [4.78, 5) is 4.65. The van der Waals surface area contributed by atoms with Gasteiger partial charge in [-0.15, -0.1) is 0 Å². The first-order chi connectivity index (χ1) is 10.2. The number of pyridine rings is 1. The van der Waals surface area contributed by atoms with E-state index in [1.807, 2.05) is 47.9 Å². The molecule has 3 rings (SSSR count). The summed E-state index contributed by atoms with van der Waals surface area (Å²) in [6.07, 6.45) is 1.91. The van der Waals surface area contributed by atoms with E-state index in [4.69, 9.17) is 15.2 Å². The highest BCUT2D eigenvalue weighted by Crippen LogP contribution is 2.34. The molecule has 0 radical (unpaired) electrons. The van der Waals surface area contributed by atoms with Crippen molar-refractivity contribution in [3.8, 4) is 22.8 Å². The summed E-state index contributed by atoms with van der Waals surface area (Å²) < 4.78 is 12.5. The van der Waals surface area contributed by atoms with Gasteiger partial charge in [0.05, 0.1) is 14.2 Å². The maximum absolute atomic E-state index is 6.23. The highest BCUT2D eigenvalue weighted by atomic mass is 16.5. The maximum Gasteiger partial charge on any atom is 0.161 e. The van der Waals surface area contributed by atoms with Crippen molar-refractivity contribution in [2.24, 2.45) is 0 Å². The van der Waals surface area contributed by atoms with Crippen LogP contribution in [0.3, 0.4) is 0 Å². The molecular weight excluding hydrogens is 266 g/mol. The monoisotopic (exact) mass is 283 g/mol. The minimum absolute atomic E-state index is 0.612. The van der Waals surface area contributed by atoms with Crippen LogP contribution in [0.25, 0.3) is 16.9 Å². The topological polar surface area (TPSA) is 61.8 Å². The molecule has 0 saturated heterocycles. The van der Waals surface area contributed by atoms with E-state index in [2.05, 4.69) is 4.98 Å². The molecule has 0 aliphatic heterocycles. The summed E-state index contributed by atoms with van der Waals surface area (Å²) in [5, 5.41) is 0. The van der Waals surface area contributed by atoms with Crippen LogP contribution in [0.5, 0.6) is 11.5 Å². The zero-order chi connectivity index (χ0) is 15.0. The van der Waals surface area contributed by atoms with Crippen molar-refractivity contribution >= 4 is 11.5 Å². The number of fused-ring (bicyclic) bond motifs is 1. The van der Waals surface area contributed by atoms with Crippen LogP contribution in [0.2, 0.25) is 0 Å². The summed E-state index contributed by atoms with van der Waals surface area (Å²) in [5.41, 5.74) is 9.81. The molecular formula is C16H17N3O2. The molecule has 0 spiro atoms.